The minimum Gasteiger partial charge on any atom is -0.355 e. The molecule has 21 aromatic rings. The number of hydrogen-bond donors (Lipinski definition) is 1. The van der Waals surface area contributed by atoms with Crippen molar-refractivity contribution in [1.29, 1.82) is 0 Å². The molecule has 7 heterocycles. The predicted octanol–water partition coefficient (Wildman–Crippen LogP) is 25.8. The Bertz CT molecular complexity index is 8530. The highest BCUT2D eigenvalue weighted by Crippen LogP contribution is 2.52. The van der Waals surface area contributed by atoms with Crippen LogP contribution in [0.3, 0.4) is 0 Å². The SMILES string of the molecule is [2H]c1cc(-c2c([2H])c([2H])c([2H])c([2H])c2Nc2ccc3c(c2)c2cc(-n4c5ccc(C(C)(C)C)cc5c5cc(C(C)(C)C)ccc54)cc4c2n3-c2cc3c(c5c2B4c2ccc(-n4c6c([2H])c([2H])c([2H])c([2H])c6c6c([2H])c([2H])c([2H])c([2H])c64)cc2N5c2ccc(-c4ccccc4)cc2)c2cccc4c5ccccc5c5ccccc5c5ccccc5n3c42)c([2H])c([2H])c1[2H]. The van der Waals surface area contributed by atoms with E-state index in [4.69, 9.17) is 8.22 Å². The van der Waals surface area contributed by atoms with E-state index in [1.807, 2.05) is 48.5 Å². The van der Waals surface area contributed by atoms with Gasteiger partial charge in [0.15, 0.2) is 0 Å². The molecule has 0 saturated carbocycles. The lowest BCUT2D eigenvalue weighted by Crippen LogP contribution is -2.60. The zero-order valence-electron chi connectivity index (χ0n) is 77.4. The zero-order chi connectivity index (χ0) is 87.8. The van der Waals surface area contributed by atoms with Crippen LogP contribution in [-0.2, 0) is 10.8 Å². The molecule has 0 bridgehead atoms. The summed E-state index contributed by atoms with van der Waals surface area (Å²) < 4.78 is 158. The minimum absolute atomic E-state index is 0.0252. The first-order valence-corrected chi connectivity index (χ1v) is 37.7. The lowest BCUT2D eigenvalue weighted by atomic mass is 9.33. The van der Waals surface area contributed by atoms with E-state index in [0.717, 1.165) is 165 Å². The molecule has 0 radical (unpaired) electrons. The summed E-state index contributed by atoms with van der Waals surface area (Å²) in [6.07, 6.45) is 0. The molecule has 0 atom stereocenters. The van der Waals surface area contributed by atoms with Gasteiger partial charge >= 0.3 is 0 Å². The monoisotopic (exact) mass is 1430 g/mol. The molecule has 0 aliphatic carbocycles. The summed E-state index contributed by atoms with van der Waals surface area (Å²) >= 11 is 0. The molecule has 0 amide bonds. The van der Waals surface area contributed by atoms with Crippen molar-refractivity contribution in [3.8, 4) is 39.3 Å². The average Bonchev–Trinajstić information content (AvgIpc) is 1.54. The molecule has 0 unspecified atom stereocenters. The van der Waals surface area contributed by atoms with Gasteiger partial charge in [0.25, 0.3) is 6.71 Å². The molecule has 0 fully saturated rings. The molecule has 2 aliphatic heterocycles. The number of hydrogen-bond acceptors (Lipinski definition) is 2. The first-order chi connectivity index (χ1) is 61.0. The Labute approximate surface area is 665 Å². The largest absolute Gasteiger partial charge is 0.355 e. The highest BCUT2D eigenvalue weighted by Gasteiger charge is 2.45. The summed E-state index contributed by atoms with van der Waals surface area (Å²) in [4.78, 5) is 2.33. The van der Waals surface area contributed by atoms with Crippen LogP contribution in [0.4, 0.5) is 28.4 Å². The average molecular weight is 1440 g/mol. The Morgan fingerprint density at radius 2 is 0.883 bits per heavy atom. The van der Waals surface area contributed by atoms with E-state index >= 15 is 0 Å². The lowest BCUT2D eigenvalue weighted by molar-refractivity contribution is 0.590. The summed E-state index contributed by atoms with van der Waals surface area (Å²) in [5.74, 6) is 0. The van der Waals surface area contributed by atoms with Gasteiger partial charge in [0.1, 0.15) is 0 Å². The molecule has 1 N–H and O–H groups in total. The Hall–Kier alpha value is -13.6. The number of nitrogens with one attached hydrogen (secondary N) is 1. The van der Waals surface area contributed by atoms with Gasteiger partial charge in [-0.3, -0.25) is 0 Å². The molecule has 0 saturated heterocycles. The Morgan fingerprint density at radius 1 is 0.315 bits per heavy atom. The third-order valence-electron chi connectivity index (χ3n) is 23.5. The molecular formula is C104H75BN6. The van der Waals surface area contributed by atoms with E-state index in [0.29, 0.717) is 17.1 Å². The van der Waals surface area contributed by atoms with Gasteiger partial charge in [-0.25, -0.2) is 0 Å². The molecule has 23 rings (SSSR count). The van der Waals surface area contributed by atoms with Crippen molar-refractivity contribution in [2.75, 3.05) is 10.2 Å². The van der Waals surface area contributed by atoms with Crippen LogP contribution in [0.2, 0.25) is 0 Å². The normalized spacial score (nSPS) is 14.9. The van der Waals surface area contributed by atoms with E-state index < -0.39 is 97.3 Å². The maximum atomic E-state index is 9.94. The summed E-state index contributed by atoms with van der Waals surface area (Å²) in [5, 5.41) is 15.0. The third kappa shape index (κ3) is 9.27. The molecular weight excluding hydrogens is 1340 g/mol. The fourth-order valence-corrected chi connectivity index (χ4v) is 18.5. The van der Waals surface area contributed by atoms with Crippen LogP contribution < -0.4 is 26.6 Å². The maximum absolute atomic E-state index is 9.94. The number of rotatable bonds is 7. The van der Waals surface area contributed by atoms with Crippen LogP contribution >= 0.6 is 0 Å². The van der Waals surface area contributed by atoms with Gasteiger partial charge < -0.3 is 28.3 Å². The van der Waals surface area contributed by atoms with Crippen LogP contribution in [0.5, 0.6) is 0 Å². The minimum atomic E-state index is -0.711. The summed E-state index contributed by atoms with van der Waals surface area (Å²) in [6, 6.07) is 76.8. The second-order valence-corrected chi connectivity index (χ2v) is 31.7. The topological polar surface area (TPSA) is 34.5 Å². The van der Waals surface area contributed by atoms with Crippen molar-refractivity contribution < 1.29 is 21.9 Å². The number of fused-ring (bicyclic) bond motifs is 24. The molecule has 2 aliphatic rings. The van der Waals surface area contributed by atoms with Crippen molar-refractivity contribution in [2.24, 2.45) is 0 Å². The standard InChI is InChI=1S/C104H75BN6/c1-103(2,3)66-46-53-92-82(56-66)83-57-67(104(4,5)6)47-54-93(83)108(92)71-59-85-84-58-68(106-88-40-21-17-30-72(88)65-28-11-8-12-29-65)48-55-94(84)111-97-62-96-98(81-39-25-38-80-76-34-16-14-32-74(76)73-31-13-15-33-75(73)77-35-18-24-43-91(77)110(96)100(80)81)102-99(97)105(87(60-71)101(85)111)86-52-51-70(107-89-41-22-19-36-78(89)79-37-20-23-42-90(79)107)61-95(86)109(102)69-49-44-64(45-50-69)63-26-9-7-10-27-63/h7-62,106H,1-6H3/i8D,11D,12D,17D,19D,20D,21D,22D,23D,28D,30D,36D,37D,40D,41D,42D. The molecule has 111 heavy (non-hydrogen) atoms. The molecule has 7 heteroatoms. The highest BCUT2D eigenvalue weighted by molar-refractivity contribution is 7.00. The first kappa shape index (κ1) is 49.4. The number of para-hydroxylation sites is 5. The van der Waals surface area contributed by atoms with Gasteiger partial charge in [0, 0.05) is 105 Å². The van der Waals surface area contributed by atoms with E-state index in [1.165, 1.54) is 6.07 Å². The van der Waals surface area contributed by atoms with Gasteiger partial charge in [-0.05, 0) is 186 Å². The Morgan fingerprint density at radius 3 is 1.59 bits per heavy atom. The van der Waals surface area contributed by atoms with Crippen molar-refractivity contribution in [3.05, 3.63) is 350 Å². The zero-order valence-corrected chi connectivity index (χ0v) is 61.4. The van der Waals surface area contributed by atoms with E-state index in [-0.39, 0.29) is 55.5 Å². The predicted molar refractivity (Wildman–Crippen MR) is 474 cm³/mol. The molecule has 0 spiro atoms. The molecule has 5 aromatic heterocycles. The van der Waals surface area contributed by atoms with Crippen LogP contribution in [0.25, 0.3) is 164 Å². The molecule has 6 nitrogen and oxygen atoms in total. The fraction of sp³-hybridized carbons (Fsp3) is 0.0769. The fourth-order valence-electron chi connectivity index (χ4n) is 18.5. The summed E-state index contributed by atoms with van der Waals surface area (Å²) in [5.41, 5.74) is 16.8. The molecule has 524 valence electrons. The number of nitrogens with zero attached hydrogens (tertiary/aromatic N) is 5. The Balaban J connectivity index is 0.930. The molecule has 16 aromatic carbocycles. The van der Waals surface area contributed by atoms with Crippen LogP contribution in [-0.4, -0.2) is 24.8 Å². The van der Waals surface area contributed by atoms with E-state index in [2.05, 4.69) is 253 Å². The van der Waals surface area contributed by atoms with Crippen molar-refractivity contribution in [3.63, 3.8) is 0 Å². The lowest BCUT2D eigenvalue weighted by Gasteiger charge is -2.41. The highest BCUT2D eigenvalue weighted by atomic mass is 15.2. The first-order valence-electron chi connectivity index (χ1n) is 45.7. The van der Waals surface area contributed by atoms with Gasteiger partial charge in [0.05, 0.1) is 71.8 Å². The van der Waals surface area contributed by atoms with Crippen LogP contribution in [0.15, 0.2) is 339 Å². The quantitative estimate of drug-likeness (QED) is 0.161. The second kappa shape index (κ2) is 23.4. The van der Waals surface area contributed by atoms with Gasteiger partial charge in [0.2, 0.25) is 0 Å². The van der Waals surface area contributed by atoms with Crippen molar-refractivity contribution in [1.82, 2.24) is 18.1 Å². The number of aromatic nitrogens is 4. The van der Waals surface area contributed by atoms with Crippen LogP contribution in [0.1, 0.15) is 74.6 Å². The van der Waals surface area contributed by atoms with E-state index in [1.54, 1.807) is 4.57 Å². The Kier molecular flexibility index (Phi) is 10.4. The summed E-state index contributed by atoms with van der Waals surface area (Å²) in [6.45, 7) is 12.7. The van der Waals surface area contributed by atoms with E-state index in [9.17, 15) is 13.7 Å². The van der Waals surface area contributed by atoms with Crippen molar-refractivity contribution in [2.45, 2.75) is 52.4 Å². The van der Waals surface area contributed by atoms with Gasteiger partial charge in [-0.15, -0.1) is 0 Å². The van der Waals surface area contributed by atoms with Crippen molar-refractivity contribution >= 4 is 177 Å². The number of benzene rings is 16. The van der Waals surface area contributed by atoms with Gasteiger partial charge in [-0.1, -0.05) is 272 Å². The number of anilines is 5. The maximum Gasteiger partial charge on any atom is 0.252 e. The smallest absolute Gasteiger partial charge is 0.252 e. The van der Waals surface area contributed by atoms with Crippen LogP contribution in [0, 0.1) is 0 Å². The third-order valence-corrected chi connectivity index (χ3v) is 23.5. The summed E-state index contributed by atoms with van der Waals surface area (Å²) in [7, 11) is 0. The second-order valence-electron chi connectivity index (χ2n) is 31.7. The van der Waals surface area contributed by atoms with Gasteiger partial charge in [-0.2, -0.15) is 0 Å².